The number of thioether (sulfide) groups is 1. The van der Waals surface area contributed by atoms with Gasteiger partial charge < -0.3 is 25.5 Å². The highest BCUT2D eigenvalue weighted by Gasteiger charge is 2.61. The number of hydrogen-bond donors (Lipinski definition) is 3. The standard InChI is InChI=1S/C27H36N8O5S/c1-13(3-17(36)9-33-12-30-31-32-33)20-21-14(2)23(22(26(39)40)35(21)25(20)38)41-18-5-19(29-8-18)24(37)34-11-27-6-16(34)4-15(27)7-28-10-27/h12-16,18-21,28-29H,3-11H2,1-2H3,(H,39,40)/t13-,14+,15?,16+,18-,19?,20+,21+,27?/m0/s1. The van der Waals surface area contributed by atoms with Crippen LogP contribution < -0.4 is 10.6 Å². The molecule has 3 unspecified atom stereocenters. The Hall–Kier alpha value is -2.84. The van der Waals surface area contributed by atoms with Crippen LogP contribution in [0.5, 0.6) is 0 Å². The Morgan fingerprint density at radius 2 is 2.10 bits per heavy atom. The summed E-state index contributed by atoms with van der Waals surface area (Å²) in [6.07, 6.45) is 4.38. The van der Waals surface area contributed by atoms with Crippen LogP contribution in [0.15, 0.2) is 16.9 Å². The van der Waals surface area contributed by atoms with Gasteiger partial charge in [0.1, 0.15) is 18.6 Å². The van der Waals surface area contributed by atoms with Gasteiger partial charge in [0.05, 0.1) is 18.0 Å². The number of likely N-dealkylation sites (tertiary alicyclic amines) is 1. The minimum absolute atomic E-state index is 0.0348. The first-order valence-corrected chi connectivity index (χ1v) is 15.5. The van der Waals surface area contributed by atoms with Gasteiger partial charge in [-0.15, -0.1) is 16.9 Å². The van der Waals surface area contributed by atoms with Crippen molar-refractivity contribution in [2.45, 2.75) is 69.5 Å². The van der Waals surface area contributed by atoms with E-state index in [1.165, 1.54) is 27.7 Å². The summed E-state index contributed by atoms with van der Waals surface area (Å²) in [5.41, 5.74) is 0.311. The van der Waals surface area contributed by atoms with E-state index < -0.39 is 11.9 Å². The molecule has 9 atom stereocenters. The summed E-state index contributed by atoms with van der Waals surface area (Å²) in [4.78, 5) is 56.0. The number of tetrazole rings is 1. The van der Waals surface area contributed by atoms with Crippen LogP contribution in [0, 0.1) is 29.1 Å². The summed E-state index contributed by atoms with van der Waals surface area (Å²) < 4.78 is 1.35. The number of hydrogen-bond acceptors (Lipinski definition) is 10. The van der Waals surface area contributed by atoms with Gasteiger partial charge in [-0.2, -0.15) is 0 Å². The molecule has 1 aliphatic carbocycles. The van der Waals surface area contributed by atoms with Crippen molar-refractivity contribution in [2.75, 3.05) is 26.2 Å². The van der Waals surface area contributed by atoms with Crippen LogP contribution in [-0.2, 0) is 25.7 Å². The number of β-lactam (4-membered cyclic amide) rings is 1. The summed E-state index contributed by atoms with van der Waals surface area (Å²) in [5, 5.41) is 27.9. The van der Waals surface area contributed by atoms with Gasteiger partial charge in [0.2, 0.25) is 11.8 Å². The molecule has 7 rings (SSSR count). The molecular weight excluding hydrogens is 548 g/mol. The largest absolute Gasteiger partial charge is 0.477 e. The number of fused-ring (bicyclic) bond motifs is 2. The number of rotatable bonds is 9. The molecule has 2 amide bonds. The van der Waals surface area contributed by atoms with Crippen molar-refractivity contribution in [1.29, 1.82) is 0 Å². The fourth-order valence-electron chi connectivity index (χ4n) is 8.63. The highest BCUT2D eigenvalue weighted by atomic mass is 32.2. The second-order valence-electron chi connectivity index (χ2n) is 12.9. The molecule has 1 saturated carbocycles. The van der Waals surface area contributed by atoms with Crippen LogP contribution >= 0.6 is 11.8 Å². The van der Waals surface area contributed by atoms with E-state index in [-0.39, 0.29) is 70.8 Å². The maximum atomic E-state index is 13.5. The van der Waals surface area contributed by atoms with Gasteiger partial charge >= 0.3 is 5.97 Å². The van der Waals surface area contributed by atoms with Crippen LogP contribution in [0.4, 0.5) is 0 Å². The Bertz CT molecular complexity index is 1320. The molecule has 0 aromatic carbocycles. The van der Waals surface area contributed by atoms with E-state index in [0.29, 0.717) is 29.8 Å². The number of amides is 2. The summed E-state index contributed by atoms with van der Waals surface area (Å²) in [5.74, 6) is -1.40. The zero-order chi connectivity index (χ0) is 28.6. The van der Waals surface area contributed by atoms with E-state index in [0.717, 1.165) is 32.5 Å². The fraction of sp³-hybridized carbons (Fsp3) is 0.741. The lowest BCUT2D eigenvalue weighted by molar-refractivity contribution is -0.160. The van der Waals surface area contributed by atoms with Gasteiger partial charge in [0.15, 0.2) is 5.78 Å². The van der Waals surface area contributed by atoms with E-state index >= 15 is 0 Å². The van der Waals surface area contributed by atoms with Gasteiger partial charge in [-0.05, 0) is 48.1 Å². The second kappa shape index (κ2) is 9.87. The summed E-state index contributed by atoms with van der Waals surface area (Å²) in [6, 6.07) is -0.210. The van der Waals surface area contributed by atoms with E-state index in [4.69, 9.17) is 0 Å². The third kappa shape index (κ3) is 4.23. The topological polar surface area (TPSA) is 163 Å². The molecule has 6 heterocycles. The van der Waals surface area contributed by atoms with Gasteiger partial charge in [-0.1, -0.05) is 13.8 Å². The molecule has 1 aromatic rings. The number of aromatic nitrogens is 4. The Morgan fingerprint density at radius 1 is 1.27 bits per heavy atom. The van der Waals surface area contributed by atoms with Gasteiger partial charge in [-0.3, -0.25) is 14.4 Å². The van der Waals surface area contributed by atoms with Crippen LogP contribution in [0.3, 0.4) is 0 Å². The summed E-state index contributed by atoms with van der Waals surface area (Å²) >= 11 is 1.50. The summed E-state index contributed by atoms with van der Waals surface area (Å²) in [6.45, 7) is 7.40. The molecule has 1 aromatic heterocycles. The van der Waals surface area contributed by atoms with Crippen molar-refractivity contribution in [2.24, 2.45) is 29.1 Å². The highest BCUT2D eigenvalue weighted by Crippen LogP contribution is 2.55. The normalized spacial score (nSPS) is 37.9. The molecule has 13 nitrogen and oxygen atoms in total. The van der Waals surface area contributed by atoms with Crippen molar-refractivity contribution in [3.05, 3.63) is 16.9 Å². The predicted molar refractivity (Wildman–Crippen MR) is 146 cm³/mol. The van der Waals surface area contributed by atoms with Crippen LogP contribution in [-0.4, -0.2) is 108 Å². The Labute approximate surface area is 241 Å². The van der Waals surface area contributed by atoms with Crippen molar-refractivity contribution in [3.63, 3.8) is 0 Å². The zero-order valence-electron chi connectivity index (χ0n) is 23.2. The number of carbonyl (C=O) groups excluding carboxylic acids is 3. The molecule has 41 heavy (non-hydrogen) atoms. The van der Waals surface area contributed by atoms with E-state index in [9.17, 15) is 24.3 Å². The van der Waals surface area contributed by atoms with E-state index in [1.807, 2.05) is 13.8 Å². The Morgan fingerprint density at radius 3 is 2.85 bits per heavy atom. The maximum Gasteiger partial charge on any atom is 0.353 e. The molecular formula is C27H36N8O5S. The molecule has 4 saturated heterocycles. The van der Waals surface area contributed by atoms with E-state index in [1.54, 1.807) is 0 Å². The maximum absolute atomic E-state index is 13.5. The lowest BCUT2D eigenvalue weighted by atomic mass is 9.73. The van der Waals surface area contributed by atoms with Gasteiger partial charge in [0.25, 0.3) is 0 Å². The monoisotopic (exact) mass is 584 g/mol. The van der Waals surface area contributed by atoms with Crippen molar-refractivity contribution < 1.29 is 24.3 Å². The molecule has 6 aliphatic rings. The second-order valence-corrected chi connectivity index (χ2v) is 14.3. The first kappa shape index (κ1) is 27.0. The number of nitrogens with zero attached hydrogens (tertiary/aromatic N) is 6. The van der Waals surface area contributed by atoms with Crippen molar-refractivity contribution >= 4 is 35.3 Å². The van der Waals surface area contributed by atoms with Crippen LogP contribution in [0.1, 0.15) is 39.5 Å². The minimum atomic E-state index is -1.11. The minimum Gasteiger partial charge on any atom is -0.477 e. The Kier molecular flexibility index (Phi) is 6.51. The molecule has 1 spiro atoms. The fourth-order valence-corrected chi connectivity index (χ4v) is 10.1. The van der Waals surface area contributed by atoms with Gasteiger partial charge in [0, 0.05) is 53.6 Å². The quantitative estimate of drug-likeness (QED) is 0.327. The molecule has 5 aliphatic heterocycles. The number of ketones is 1. The predicted octanol–water partition coefficient (Wildman–Crippen LogP) is -0.285. The number of carbonyl (C=O) groups is 4. The first-order valence-electron chi connectivity index (χ1n) is 14.6. The first-order chi connectivity index (χ1) is 19.7. The number of aliphatic carboxylic acids is 1. The molecule has 2 bridgehead atoms. The summed E-state index contributed by atoms with van der Waals surface area (Å²) in [7, 11) is 0. The smallest absolute Gasteiger partial charge is 0.353 e. The number of carboxylic acid groups (broad SMARTS) is 1. The molecule has 220 valence electrons. The molecule has 0 radical (unpaired) electrons. The van der Waals surface area contributed by atoms with Gasteiger partial charge in [-0.25, -0.2) is 9.48 Å². The average Bonchev–Trinajstić information content (AvgIpc) is 3.75. The Balaban J connectivity index is 0.995. The van der Waals surface area contributed by atoms with E-state index in [2.05, 4.69) is 31.1 Å². The third-order valence-electron chi connectivity index (χ3n) is 10.5. The molecule has 3 N–H and O–H groups in total. The average molecular weight is 585 g/mol. The third-order valence-corrected chi connectivity index (χ3v) is 12.0. The lowest BCUT2D eigenvalue weighted by Crippen LogP contribution is -2.62. The molecule has 5 fully saturated rings. The highest BCUT2D eigenvalue weighted by molar-refractivity contribution is 8.03. The molecule has 14 heteroatoms. The van der Waals surface area contributed by atoms with Crippen molar-refractivity contribution in [3.8, 4) is 0 Å². The zero-order valence-corrected chi connectivity index (χ0v) is 24.0. The SMILES string of the molecule is C[C@@H](CC(=O)Cn1cnnn1)[C@H]1C(=O)N2C(C(=O)O)=C(S[C@@H]3CNC(C(=O)N4CC56CNCC5C[C@@H]4C6)C3)[C@H](C)[C@H]12. The number of Topliss-reactive ketones (excluding diaryl/α,β-unsaturated/α-hetero) is 1. The van der Waals surface area contributed by atoms with Crippen molar-refractivity contribution in [1.82, 2.24) is 40.6 Å². The number of piperidine rings is 1. The lowest BCUT2D eigenvalue weighted by Gasteiger charge is -2.47. The van der Waals surface area contributed by atoms with Crippen LogP contribution in [0.2, 0.25) is 0 Å². The number of nitrogens with one attached hydrogen (secondary N) is 2. The van der Waals surface area contributed by atoms with Crippen LogP contribution in [0.25, 0.3) is 0 Å². The number of carboxylic acids is 1.